The molecule has 0 bridgehead atoms. The van der Waals surface area contributed by atoms with E-state index >= 15 is 0 Å². The van der Waals surface area contributed by atoms with E-state index in [1.54, 1.807) is 0 Å². The van der Waals surface area contributed by atoms with Crippen LogP contribution >= 0.6 is 0 Å². The largest absolute Gasteiger partial charge is 0.306 e. The van der Waals surface area contributed by atoms with Crippen LogP contribution in [0.5, 0.6) is 0 Å². The highest BCUT2D eigenvalue weighted by molar-refractivity contribution is 6.77. The molecule has 0 radical (unpaired) electrons. The smallest absolute Gasteiger partial charge is 0.124 e. The summed E-state index contributed by atoms with van der Waals surface area (Å²) in [5, 5.41) is 0. The van der Waals surface area contributed by atoms with Crippen LogP contribution in [0, 0.1) is 5.92 Å². The molecule has 0 aromatic heterocycles. The SMILES string of the molecule is CN(C)C1C(C=O)CCC1[Si](C)(C)C. The fraction of sp³-hybridized carbons (Fsp3) is 0.909. The maximum absolute atomic E-state index is 11.0. The second-order valence-electron chi connectivity index (χ2n) is 5.80. The number of nitrogens with zero attached hydrogens (tertiary/aromatic N) is 1. The zero-order valence-electron chi connectivity index (χ0n) is 10.1. The molecule has 2 nitrogen and oxygen atoms in total. The average Bonchev–Trinajstić information content (AvgIpc) is 2.45. The predicted octanol–water partition coefficient (Wildman–Crippen LogP) is 2.23. The molecule has 0 aromatic carbocycles. The summed E-state index contributed by atoms with van der Waals surface area (Å²) in [5.41, 5.74) is 0.785. The van der Waals surface area contributed by atoms with Crippen molar-refractivity contribution in [2.75, 3.05) is 14.1 Å². The van der Waals surface area contributed by atoms with E-state index < -0.39 is 8.07 Å². The summed E-state index contributed by atoms with van der Waals surface area (Å²) in [6.07, 6.45) is 3.52. The Bertz CT molecular complexity index is 210. The molecule has 0 aromatic rings. The second kappa shape index (κ2) is 4.15. The highest BCUT2D eigenvalue weighted by Crippen LogP contribution is 2.43. The molecule has 1 saturated carbocycles. The van der Waals surface area contributed by atoms with Crippen LogP contribution in [0.2, 0.25) is 25.2 Å². The van der Waals surface area contributed by atoms with Gasteiger partial charge in [0.15, 0.2) is 0 Å². The topological polar surface area (TPSA) is 20.3 Å². The van der Waals surface area contributed by atoms with Gasteiger partial charge in [-0.25, -0.2) is 0 Å². The van der Waals surface area contributed by atoms with Crippen LogP contribution in [-0.4, -0.2) is 39.4 Å². The fourth-order valence-corrected chi connectivity index (χ4v) is 5.45. The number of hydrogen-bond donors (Lipinski definition) is 0. The van der Waals surface area contributed by atoms with E-state index in [4.69, 9.17) is 0 Å². The standard InChI is InChI=1S/C11H23NOSi/c1-12(2)11-9(8-13)6-7-10(11)14(3,4)5/h8-11H,6-7H2,1-5H3. The van der Waals surface area contributed by atoms with Gasteiger partial charge in [-0.15, -0.1) is 0 Å². The van der Waals surface area contributed by atoms with E-state index in [-0.39, 0.29) is 5.92 Å². The Balaban J connectivity index is 2.83. The second-order valence-corrected chi connectivity index (χ2v) is 11.3. The van der Waals surface area contributed by atoms with E-state index in [1.165, 1.54) is 12.7 Å². The summed E-state index contributed by atoms with van der Waals surface area (Å²) in [5.74, 6) is 0.279. The molecule has 0 spiro atoms. The highest BCUT2D eigenvalue weighted by Gasteiger charge is 2.43. The third-order valence-electron chi connectivity index (χ3n) is 3.55. The zero-order valence-corrected chi connectivity index (χ0v) is 11.1. The van der Waals surface area contributed by atoms with Crippen LogP contribution in [0.4, 0.5) is 0 Å². The van der Waals surface area contributed by atoms with Crippen molar-refractivity contribution in [2.45, 2.75) is 44.1 Å². The number of carbonyl (C=O) groups excluding carboxylic acids is 1. The Morgan fingerprint density at radius 3 is 2.14 bits per heavy atom. The molecular weight excluding hydrogens is 190 g/mol. The van der Waals surface area contributed by atoms with Gasteiger partial charge in [0, 0.05) is 20.0 Å². The summed E-state index contributed by atoms with van der Waals surface area (Å²) >= 11 is 0. The van der Waals surface area contributed by atoms with Crippen molar-refractivity contribution >= 4 is 14.4 Å². The van der Waals surface area contributed by atoms with Crippen molar-refractivity contribution in [3.8, 4) is 0 Å². The molecule has 82 valence electrons. The van der Waals surface area contributed by atoms with Crippen molar-refractivity contribution in [3.63, 3.8) is 0 Å². The lowest BCUT2D eigenvalue weighted by molar-refractivity contribution is -0.112. The lowest BCUT2D eigenvalue weighted by Gasteiger charge is -2.36. The van der Waals surface area contributed by atoms with E-state index in [0.717, 1.165) is 12.0 Å². The number of aldehydes is 1. The molecule has 0 N–H and O–H groups in total. The third kappa shape index (κ3) is 2.26. The molecule has 3 unspecified atom stereocenters. The Labute approximate surface area is 88.7 Å². The molecule has 1 aliphatic rings. The number of rotatable bonds is 3. The monoisotopic (exact) mass is 213 g/mol. The predicted molar refractivity (Wildman–Crippen MR) is 63.4 cm³/mol. The first-order chi connectivity index (χ1) is 6.38. The van der Waals surface area contributed by atoms with E-state index in [0.29, 0.717) is 6.04 Å². The summed E-state index contributed by atoms with van der Waals surface area (Å²) in [6.45, 7) is 7.25. The number of carbonyl (C=O) groups is 1. The van der Waals surface area contributed by atoms with Crippen LogP contribution in [0.25, 0.3) is 0 Å². The molecule has 3 atom stereocenters. The molecule has 0 amide bonds. The molecule has 0 aliphatic heterocycles. The highest BCUT2D eigenvalue weighted by atomic mass is 28.3. The molecule has 0 saturated heterocycles. The average molecular weight is 213 g/mol. The van der Waals surface area contributed by atoms with Gasteiger partial charge < -0.3 is 9.69 Å². The summed E-state index contributed by atoms with van der Waals surface area (Å²) in [6, 6.07) is 0.499. The van der Waals surface area contributed by atoms with E-state index in [2.05, 4.69) is 38.6 Å². The molecule has 1 aliphatic carbocycles. The van der Waals surface area contributed by atoms with Crippen LogP contribution in [0.15, 0.2) is 0 Å². The van der Waals surface area contributed by atoms with E-state index in [1.807, 2.05) is 0 Å². The van der Waals surface area contributed by atoms with Gasteiger partial charge in [-0.1, -0.05) is 26.1 Å². The molecule has 14 heavy (non-hydrogen) atoms. The van der Waals surface area contributed by atoms with Gasteiger partial charge in [0.2, 0.25) is 0 Å². The van der Waals surface area contributed by atoms with E-state index in [9.17, 15) is 4.79 Å². The minimum atomic E-state index is -1.11. The molecule has 1 fully saturated rings. The minimum Gasteiger partial charge on any atom is -0.306 e. The lowest BCUT2D eigenvalue weighted by Crippen LogP contribution is -2.43. The first-order valence-corrected chi connectivity index (χ1v) is 9.07. The zero-order chi connectivity index (χ0) is 10.9. The fourth-order valence-electron chi connectivity index (χ4n) is 2.85. The molecule has 3 heteroatoms. The molecular formula is C11H23NOSi. The van der Waals surface area contributed by atoms with Gasteiger partial charge in [-0.05, 0) is 26.1 Å². The summed E-state index contributed by atoms with van der Waals surface area (Å²) < 4.78 is 0. The Morgan fingerprint density at radius 2 is 1.79 bits per heavy atom. The van der Waals surface area contributed by atoms with Gasteiger partial charge in [-0.2, -0.15) is 0 Å². The minimum absolute atomic E-state index is 0.279. The van der Waals surface area contributed by atoms with Crippen LogP contribution < -0.4 is 0 Å². The number of hydrogen-bond acceptors (Lipinski definition) is 2. The Hall–Kier alpha value is -0.153. The van der Waals surface area contributed by atoms with Gasteiger partial charge >= 0.3 is 0 Å². The third-order valence-corrected chi connectivity index (χ3v) is 6.40. The summed E-state index contributed by atoms with van der Waals surface area (Å²) in [7, 11) is 3.11. The first kappa shape index (κ1) is 11.9. The van der Waals surface area contributed by atoms with Crippen molar-refractivity contribution in [1.29, 1.82) is 0 Å². The van der Waals surface area contributed by atoms with Gasteiger partial charge in [0.1, 0.15) is 6.29 Å². The van der Waals surface area contributed by atoms with Crippen LogP contribution in [-0.2, 0) is 4.79 Å². The summed E-state index contributed by atoms with van der Waals surface area (Å²) in [4.78, 5) is 13.2. The van der Waals surface area contributed by atoms with Crippen molar-refractivity contribution in [2.24, 2.45) is 5.92 Å². The normalized spacial score (nSPS) is 33.7. The van der Waals surface area contributed by atoms with Gasteiger partial charge in [-0.3, -0.25) is 0 Å². The van der Waals surface area contributed by atoms with Crippen LogP contribution in [0.3, 0.4) is 0 Å². The quantitative estimate of drug-likeness (QED) is 0.529. The van der Waals surface area contributed by atoms with Crippen LogP contribution in [0.1, 0.15) is 12.8 Å². The maximum atomic E-state index is 11.0. The van der Waals surface area contributed by atoms with Gasteiger partial charge in [0.25, 0.3) is 0 Å². The maximum Gasteiger partial charge on any atom is 0.124 e. The van der Waals surface area contributed by atoms with Crippen molar-refractivity contribution in [1.82, 2.24) is 4.90 Å². The van der Waals surface area contributed by atoms with Crippen molar-refractivity contribution in [3.05, 3.63) is 0 Å². The lowest BCUT2D eigenvalue weighted by atomic mass is 10.1. The Kier molecular flexibility index (Phi) is 3.53. The molecule has 1 rings (SSSR count). The molecule has 0 heterocycles. The van der Waals surface area contributed by atoms with Crippen molar-refractivity contribution < 1.29 is 4.79 Å². The van der Waals surface area contributed by atoms with Gasteiger partial charge in [0.05, 0.1) is 0 Å². The first-order valence-electron chi connectivity index (χ1n) is 5.49. The Morgan fingerprint density at radius 1 is 1.21 bits per heavy atom.